The smallest absolute Gasteiger partial charge is 0.223 e. The van der Waals surface area contributed by atoms with E-state index < -0.39 is 0 Å². The molecule has 1 atom stereocenters. The Bertz CT molecular complexity index is 599. The van der Waals surface area contributed by atoms with Crippen LogP contribution in [0.4, 0.5) is 0 Å². The molecule has 1 fully saturated rings. The number of pyridine rings is 1. The zero-order chi connectivity index (χ0) is 15.4. The third-order valence-corrected chi connectivity index (χ3v) is 4.39. The molecule has 3 rings (SSSR count). The van der Waals surface area contributed by atoms with Crippen LogP contribution in [0.15, 0.2) is 34.6 Å². The normalized spacial score (nSPS) is 21.6. The van der Waals surface area contributed by atoms with Gasteiger partial charge in [-0.1, -0.05) is 6.07 Å². The van der Waals surface area contributed by atoms with Crippen molar-refractivity contribution in [1.29, 1.82) is 0 Å². The summed E-state index contributed by atoms with van der Waals surface area (Å²) >= 11 is 0. The molecule has 3 heterocycles. The Labute approximate surface area is 130 Å². The third-order valence-electron chi connectivity index (χ3n) is 4.39. The fraction of sp³-hybridized carbons (Fsp3) is 0.529. The van der Waals surface area contributed by atoms with E-state index in [0.717, 1.165) is 31.5 Å². The summed E-state index contributed by atoms with van der Waals surface area (Å²) in [7, 11) is 0. The van der Waals surface area contributed by atoms with Gasteiger partial charge in [-0.2, -0.15) is 10.2 Å². The second-order valence-corrected chi connectivity index (χ2v) is 5.89. The number of terminal acetylenes is 1. The number of hydrogen-bond donors (Lipinski definition) is 0. The first-order valence-electron chi connectivity index (χ1n) is 7.82. The average molecular weight is 296 g/mol. The number of hydrogen-bond acceptors (Lipinski definition) is 4. The molecule has 1 aromatic heterocycles. The van der Waals surface area contributed by atoms with Crippen LogP contribution in [0.25, 0.3) is 0 Å². The molecule has 5 heteroatoms. The van der Waals surface area contributed by atoms with Crippen molar-refractivity contribution in [2.24, 2.45) is 10.2 Å². The summed E-state index contributed by atoms with van der Waals surface area (Å²) in [6.07, 6.45) is 11.6. The first kappa shape index (κ1) is 14.7. The molecular formula is C17H20N4O. The van der Waals surface area contributed by atoms with Crippen LogP contribution in [0, 0.1) is 12.3 Å². The molecule has 1 unspecified atom stereocenters. The van der Waals surface area contributed by atoms with E-state index >= 15 is 0 Å². The van der Waals surface area contributed by atoms with Crippen molar-refractivity contribution >= 4 is 5.91 Å². The minimum Gasteiger partial charge on any atom is -0.334 e. The lowest BCUT2D eigenvalue weighted by Crippen LogP contribution is -2.31. The van der Waals surface area contributed by atoms with Gasteiger partial charge in [-0.05, 0) is 25.0 Å². The van der Waals surface area contributed by atoms with E-state index in [1.807, 2.05) is 23.1 Å². The van der Waals surface area contributed by atoms with Crippen molar-refractivity contribution < 1.29 is 4.79 Å². The van der Waals surface area contributed by atoms with E-state index in [9.17, 15) is 4.79 Å². The molecule has 2 aliphatic heterocycles. The van der Waals surface area contributed by atoms with Crippen LogP contribution in [0.1, 0.15) is 50.3 Å². The molecule has 22 heavy (non-hydrogen) atoms. The van der Waals surface area contributed by atoms with Crippen molar-refractivity contribution in [2.75, 3.05) is 6.54 Å². The summed E-state index contributed by atoms with van der Waals surface area (Å²) < 4.78 is 0. The maximum Gasteiger partial charge on any atom is 0.223 e. The summed E-state index contributed by atoms with van der Waals surface area (Å²) in [6.45, 7) is 0.811. The minimum absolute atomic E-state index is 0.114. The largest absolute Gasteiger partial charge is 0.334 e. The van der Waals surface area contributed by atoms with Gasteiger partial charge in [0.25, 0.3) is 0 Å². The summed E-state index contributed by atoms with van der Waals surface area (Å²) in [5.74, 6) is 2.78. The van der Waals surface area contributed by atoms with Crippen molar-refractivity contribution in [2.45, 2.75) is 50.2 Å². The standard InChI is InChI=1S/C17H20N4O/c1-2-3-10-17(19-20-17)11-9-16(22)21-13-6-8-15(21)14-7-4-5-12-18-14/h1,4-5,7,12,15H,3,6,8-11,13H2. The maximum atomic E-state index is 12.6. The molecule has 114 valence electrons. The van der Waals surface area contributed by atoms with E-state index in [1.165, 1.54) is 0 Å². The molecule has 2 aliphatic rings. The summed E-state index contributed by atoms with van der Waals surface area (Å²) in [6, 6.07) is 5.98. The molecule has 0 aliphatic carbocycles. The molecule has 1 amide bonds. The van der Waals surface area contributed by atoms with Gasteiger partial charge in [0.1, 0.15) is 0 Å². The number of nitrogens with zero attached hydrogens (tertiary/aromatic N) is 4. The van der Waals surface area contributed by atoms with E-state index in [1.54, 1.807) is 6.20 Å². The van der Waals surface area contributed by atoms with E-state index in [0.29, 0.717) is 19.3 Å². The highest BCUT2D eigenvalue weighted by Gasteiger charge is 2.40. The van der Waals surface area contributed by atoms with Crippen LogP contribution >= 0.6 is 0 Å². The van der Waals surface area contributed by atoms with Crippen molar-refractivity contribution in [3.8, 4) is 12.3 Å². The van der Waals surface area contributed by atoms with Gasteiger partial charge in [0.15, 0.2) is 5.66 Å². The molecule has 0 aromatic carbocycles. The fourth-order valence-electron chi connectivity index (χ4n) is 3.06. The molecule has 5 nitrogen and oxygen atoms in total. The minimum atomic E-state index is -0.373. The van der Waals surface area contributed by atoms with E-state index in [4.69, 9.17) is 6.42 Å². The van der Waals surface area contributed by atoms with E-state index in [-0.39, 0.29) is 17.6 Å². The van der Waals surface area contributed by atoms with Gasteiger partial charge < -0.3 is 4.90 Å². The summed E-state index contributed by atoms with van der Waals surface area (Å²) in [4.78, 5) is 18.9. The van der Waals surface area contributed by atoms with Crippen LogP contribution in [-0.2, 0) is 4.79 Å². The predicted octanol–water partition coefficient (Wildman–Crippen LogP) is 3.10. The SMILES string of the molecule is C#CCCC1(CCC(=O)N2CCCC2c2ccccn2)N=N1. The lowest BCUT2D eigenvalue weighted by Gasteiger charge is -2.24. The Morgan fingerprint density at radius 1 is 1.41 bits per heavy atom. The first-order chi connectivity index (χ1) is 10.7. The van der Waals surface area contributed by atoms with Crippen LogP contribution < -0.4 is 0 Å². The van der Waals surface area contributed by atoms with Gasteiger partial charge in [0, 0.05) is 38.4 Å². The summed E-state index contributed by atoms with van der Waals surface area (Å²) in [5, 5.41) is 8.19. The quantitative estimate of drug-likeness (QED) is 0.757. The van der Waals surface area contributed by atoms with Gasteiger partial charge in [-0.15, -0.1) is 12.3 Å². The Hall–Kier alpha value is -2.22. The average Bonchev–Trinajstić information content (AvgIpc) is 3.16. The lowest BCUT2D eigenvalue weighted by molar-refractivity contribution is -0.132. The zero-order valence-electron chi connectivity index (χ0n) is 12.6. The Morgan fingerprint density at radius 2 is 2.27 bits per heavy atom. The topological polar surface area (TPSA) is 57.9 Å². The Kier molecular flexibility index (Phi) is 4.19. The zero-order valence-corrected chi connectivity index (χ0v) is 12.6. The number of carbonyl (C=O) groups excluding carboxylic acids is 1. The fourth-order valence-corrected chi connectivity index (χ4v) is 3.06. The van der Waals surface area contributed by atoms with Crippen molar-refractivity contribution in [3.63, 3.8) is 0 Å². The van der Waals surface area contributed by atoms with Gasteiger partial charge in [-0.3, -0.25) is 9.78 Å². The molecule has 0 saturated carbocycles. The molecule has 1 saturated heterocycles. The second-order valence-electron chi connectivity index (χ2n) is 5.89. The number of aromatic nitrogens is 1. The van der Waals surface area contributed by atoms with Crippen LogP contribution in [-0.4, -0.2) is 28.0 Å². The van der Waals surface area contributed by atoms with Gasteiger partial charge in [0.05, 0.1) is 11.7 Å². The predicted molar refractivity (Wildman–Crippen MR) is 82.8 cm³/mol. The number of amides is 1. The monoisotopic (exact) mass is 296 g/mol. The van der Waals surface area contributed by atoms with E-state index in [2.05, 4.69) is 21.1 Å². The highest BCUT2D eigenvalue weighted by atomic mass is 16.2. The molecule has 0 bridgehead atoms. The van der Waals surface area contributed by atoms with Gasteiger partial charge in [0.2, 0.25) is 5.91 Å². The maximum absolute atomic E-state index is 12.6. The Balaban J connectivity index is 1.57. The second kappa shape index (κ2) is 6.27. The molecule has 0 spiro atoms. The molecular weight excluding hydrogens is 276 g/mol. The first-order valence-corrected chi connectivity index (χ1v) is 7.82. The van der Waals surface area contributed by atoms with Gasteiger partial charge >= 0.3 is 0 Å². The lowest BCUT2D eigenvalue weighted by atomic mass is 10.0. The highest BCUT2D eigenvalue weighted by Crippen LogP contribution is 2.38. The third kappa shape index (κ3) is 3.16. The molecule has 0 radical (unpaired) electrons. The molecule has 1 aromatic rings. The molecule has 0 N–H and O–H groups in total. The highest BCUT2D eigenvalue weighted by molar-refractivity contribution is 5.77. The number of likely N-dealkylation sites (tertiary alicyclic amines) is 1. The number of rotatable bonds is 6. The van der Waals surface area contributed by atoms with Crippen LogP contribution in [0.2, 0.25) is 0 Å². The van der Waals surface area contributed by atoms with Crippen molar-refractivity contribution in [3.05, 3.63) is 30.1 Å². The van der Waals surface area contributed by atoms with Crippen LogP contribution in [0.3, 0.4) is 0 Å². The number of carbonyl (C=O) groups is 1. The van der Waals surface area contributed by atoms with Crippen LogP contribution in [0.5, 0.6) is 0 Å². The summed E-state index contributed by atoms with van der Waals surface area (Å²) in [5.41, 5.74) is 0.610. The Morgan fingerprint density at radius 3 is 2.95 bits per heavy atom. The van der Waals surface area contributed by atoms with Crippen molar-refractivity contribution in [1.82, 2.24) is 9.88 Å². The van der Waals surface area contributed by atoms with Gasteiger partial charge in [-0.25, -0.2) is 0 Å².